The number of nitrogens with zero attached hydrogens (tertiary/aromatic N) is 2. The van der Waals surface area contributed by atoms with Crippen LogP contribution in [0.3, 0.4) is 0 Å². The minimum Gasteiger partial charge on any atom is -0.504 e. The number of benzene rings is 3. The molecule has 6 aliphatic rings. The van der Waals surface area contributed by atoms with E-state index in [1.807, 2.05) is 24.9 Å². The van der Waals surface area contributed by atoms with Gasteiger partial charge < -0.3 is 39.2 Å². The molecule has 9 rings (SSSR count). The molecule has 0 aliphatic carbocycles. The van der Waals surface area contributed by atoms with Crippen molar-refractivity contribution in [3.8, 4) is 28.7 Å². The van der Waals surface area contributed by atoms with Crippen LogP contribution in [0.15, 0.2) is 36.4 Å². The number of likely N-dealkylation sites (N-methyl/N-ethyl adjacent to an activating group) is 1. The van der Waals surface area contributed by atoms with Crippen LogP contribution in [0.5, 0.6) is 28.7 Å². The largest absolute Gasteiger partial charge is 0.504 e. The van der Waals surface area contributed by atoms with Crippen LogP contribution < -0.4 is 24.3 Å². The van der Waals surface area contributed by atoms with Crippen LogP contribution in [0, 0.1) is 13.8 Å². The maximum absolute atomic E-state index is 13.8. The van der Waals surface area contributed by atoms with Gasteiger partial charge in [0.25, 0.3) is 5.91 Å². The maximum atomic E-state index is 13.8. The quantitative estimate of drug-likeness (QED) is 0.267. The van der Waals surface area contributed by atoms with Crippen molar-refractivity contribution in [2.24, 2.45) is 0 Å². The van der Waals surface area contributed by atoms with Crippen molar-refractivity contribution in [3.63, 3.8) is 0 Å². The summed E-state index contributed by atoms with van der Waals surface area (Å²) in [7, 11) is 3.46. The Morgan fingerprint density at radius 1 is 1.04 bits per heavy atom. The number of phenols is 1. The molecule has 0 radical (unpaired) electrons. The van der Waals surface area contributed by atoms with E-state index in [0.29, 0.717) is 57.2 Å². The Morgan fingerprint density at radius 3 is 2.51 bits per heavy atom. The summed E-state index contributed by atoms with van der Waals surface area (Å²) in [6.07, 6.45) is -0.599. The highest BCUT2D eigenvalue weighted by atomic mass is 32.2. The average molecular weight is 718 g/mol. The van der Waals surface area contributed by atoms with E-state index >= 15 is 0 Å². The predicted molar refractivity (Wildman–Crippen MR) is 184 cm³/mol. The minimum atomic E-state index is -1.04. The first-order valence-corrected chi connectivity index (χ1v) is 17.9. The summed E-state index contributed by atoms with van der Waals surface area (Å²) in [4.78, 5) is 43.9. The molecule has 0 saturated carbocycles. The molecule has 51 heavy (non-hydrogen) atoms. The number of phenolic OH excluding ortho intramolecular Hbond substituents is 1. The Hall–Kier alpha value is -4.50. The highest BCUT2D eigenvalue weighted by Gasteiger charge is 2.60. The zero-order valence-electron chi connectivity index (χ0n) is 28.8. The molecule has 3 aromatic rings. The van der Waals surface area contributed by atoms with Gasteiger partial charge in [-0.15, -0.1) is 11.8 Å². The van der Waals surface area contributed by atoms with Crippen LogP contribution in [-0.2, 0) is 20.7 Å². The molecule has 3 aromatic carbocycles. The van der Waals surface area contributed by atoms with Crippen molar-refractivity contribution in [3.05, 3.63) is 75.3 Å². The fourth-order valence-corrected chi connectivity index (χ4v) is 10.2. The highest BCUT2D eigenvalue weighted by molar-refractivity contribution is 7.99. The van der Waals surface area contributed by atoms with Crippen LogP contribution in [0.25, 0.3) is 0 Å². The van der Waals surface area contributed by atoms with Gasteiger partial charge in [-0.2, -0.15) is 0 Å². The van der Waals surface area contributed by atoms with E-state index in [2.05, 4.69) is 10.2 Å². The molecule has 2 fully saturated rings. The smallest absolute Gasteiger partial charge is 0.329 e. The number of aromatic hydroxyl groups is 1. The number of methoxy groups -OCH3 is 1. The topological polar surface area (TPSA) is 156 Å². The summed E-state index contributed by atoms with van der Waals surface area (Å²) >= 11 is 1.38. The number of fused-ring (bicyclic) bond motifs is 10. The minimum absolute atomic E-state index is 0.0267. The Morgan fingerprint density at radius 2 is 1.78 bits per heavy atom. The van der Waals surface area contributed by atoms with Crippen molar-refractivity contribution < 1.29 is 48.3 Å². The molecule has 6 aliphatic heterocycles. The highest BCUT2D eigenvalue weighted by Crippen LogP contribution is 2.63. The van der Waals surface area contributed by atoms with Crippen molar-refractivity contribution in [2.75, 3.05) is 33.3 Å². The molecule has 14 heteroatoms. The van der Waals surface area contributed by atoms with Gasteiger partial charge in [-0.05, 0) is 50.6 Å². The third-order valence-corrected chi connectivity index (χ3v) is 12.2. The zero-order valence-corrected chi connectivity index (χ0v) is 29.6. The number of piperazine rings is 1. The summed E-state index contributed by atoms with van der Waals surface area (Å²) in [6.45, 7) is 4.73. The Kier molecular flexibility index (Phi) is 8.32. The van der Waals surface area contributed by atoms with E-state index in [-0.39, 0.29) is 30.9 Å². The molecule has 268 valence electrons. The molecule has 1 unspecified atom stereocenters. The number of aryl methyl sites for hydroxylation is 1. The molecule has 2 saturated heterocycles. The second kappa shape index (κ2) is 12.6. The molecule has 0 aromatic heterocycles. The fourth-order valence-electron chi connectivity index (χ4n) is 8.71. The Balaban J connectivity index is 1.35. The number of carbonyl (C=O) groups is 3. The molecule has 7 atom stereocenters. The van der Waals surface area contributed by atoms with Gasteiger partial charge in [0.1, 0.15) is 24.6 Å². The lowest BCUT2D eigenvalue weighted by atomic mass is 9.73. The van der Waals surface area contributed by atoms with Crippen molar-refractivity contribution in [2.45, 2.75) is 68.9 Å². The lowest BCUT2D eigenvalue weighted by Gasteiger charge is -2.62. The monoisotopic (exact) mass is 717 g/mol. The predicted octanol–water partition coefficient (Wildman–Crippen LogP) is 3.46. The lowest BCUT2D eigenvalue weighted by molar-refractivity contribution is -0.184. The summed E-state index contributed by atoms with van der Waals surface area (Å²) in [5.74, 6) is 0.0622. The zero-order chi connectivity index (χ0) is 35.9. The molecule has 0 spiro atoms. The number of ether oxygens (including phenoxy) is 5. The van der Waals surface area contributed by atoms with Crippen molar-refractivity contribution in [1.82, 2.24) is 15.1 Å². The second-order valence-corrected chi connectivity index (χ2v) is 14.8. The van der Waals surface area contributed by atoms with E-state index in [9.17, 15) is 24.6 Å². The standard InChI is InChI=1S/C37H39N3O10S/c1-16-11-20-12-22-36(44)40-23-13-47-37(45)21(38-35(43)19-9-7-6-8-10-19)14-51-34(28(40)27(39(22)4)24(20)29(42)30(16)46-5)26-25(23)33-32(48-15-49-33)17(2)31(26)50-18(3)41/h6-11,21-23,27-28,34,36,42,44H,12-15H2,1-5H3,(H,38,43)/t21-,22-,23-,27+,28?,34+,36-/m0/s1. The molecule has 6 heterocycles. The first kappa shape index (κ1) is 33.6. The van der Waals surface area contributed by atoms with Gasteiger partial charge in [-0.3, -0.25) is 19.4 Å². The van der Waals surface area contributed by atoms with Crippen LogP contribution in [0.4, 0.5) is 0 Å². The Bertz CT molecular complexity index is 1960. The number of aliphatic hydroxyl groups is 1. The summed E-state index contributed by atoms with van der Waals surface area (Å²) in [5.41, 5.74) is 4.58. The van der Waals surface area contributed by atoms with Crippen molar-refractivity contribution >= 4 is 29.6 Å². The number of hydrogen-bond donors (Lipinski definition) is 3. The van der Waals surface area contributed by atoms with E-state index in [0.717, 1.165) is 11.1 Å². The van der Waals surface area contributed by atoms with Gasteiger partial charge in [0.15, 0.2) is 23.0 Å². The average Bonchev–Trinajstić information content (AvgIpc) is 3.60. The molecular weight excluding hydrogens is 678 g/mol. The van der Waals surface area contributed by atoms with Gasteiger partial charge in [0, 0.05) is 46.5 Å². The number of rotatable bonds is 4. The first-order chi connectivity index (χ1) is 24.5. The van der Waals surface area contributed by atoms with Gasteiger partial charge in [0.2, 0.25) is 6.79 Å². The molecule has 13 nitrogen and oxygen atoms in total. The van der Waals surface area contributed by atoms with Crippen LogP contribution in [0.2, 0.25) is 0 Å². The first-order valence-electron chi connectivity index (χ1n) is 16.9. The Labute approximate surface area is 298 Å². The summed E-state index contributed by atoms with van der Waals surface area (Å²) in [5, 5.41) is 26.5. The molecule has 3 N–H and O–H groups in total. The van der Waals surface area contributed by atoms with Gasteiger partial charge in [0.05, 0.1) is 30.5 Å². The van der Waals surface area contributed by atoms with Gasteiger partial charge >= 0.3 is 11.9 Å². The number of amides is 1. The third kappa shape index (κ3) is 5.13. The van der Waals surface area contributed by atoms with Gasteiger partial charge in [-0.25, -0.2) is 4.79 Å². The number of nitrogens with one attached hydrogen (secondary N) is 1. The number of hydrogen-bond acceptors (Lipinski definition) is 13. The fraction of sp³-hybridized carbons (Fsp3) is 0.432. The number of thioether (sulfide) groups is 1. The van der Waals surface area contributed by atoms with E-state index in [1.165, 1.54) is 25.8 Å². The number of esters is 2. The maximum Gasteiger partial charge on any atom is 0.329 e. The van der Waals surface area contributed by atoms with E-state index in [4.69, 9.17) is 23.7 Å². The van der Waals surface area contributed by atoms with Crippen molar-refractivity contribution in [1.29, 1.82) is 0 Å². The van der Waals surface area contributed by atoms with Crippen LogP contribution in [0.1, 0.15) is 68.0 Å². The molecular formula is C37H39N3O10S. The van der Waals surface area contributed by atoms with E-state index < -0.39 is 53.5 Å². The number of aliphatic hydroxyl groups excluding tert-OH is 1. The summed E-state index contributed by atoms with van der Waals surface area (Å²) in [6, 6.07) is 7.36. The molecule has 1 amide bonds. The lowest BCUT2D eigenvalue weighted by Crippen LogP contribution is -2.69. The van der Waals surface area contributed by atoms with Gasteiger partial charge in [-0.1, -0.05) is 24.3 Å². The normalized spacial score (nSPS) is 27.8. The molecule has 4 bridgehead atoms. The number of carbonyl (C=O) groups excluding carboxylic acids is 3. The third-order valence-electron chi connectivity index (χ3n) is 10.8. The van der Waals surface area contributed by atoms with Crippen LogP contribution in [-0.4, -0.2) is 95.5 Å². The van der Waals surface area contributed by atoms with E-state index in [1.54, 1.807) is 37.3 Å². The second-order valence-electron chi connectivity index (χ2n) is 13.6. The summed E-state index contributed by atoms with van der Waals surface area (Å²) < 4.78 is 29.8. The SMILES string of the molecule is COc1c(C)cc2c(c1O)[C@@H]1C3[C@@H]4SC[C@H](NC(=O)c5ccccc5)C(=O)OC[C@@H](c5c6c(c(C)c(OC(C)=O)c54)OCO6)N3[C@@H](O)[C@H](C2)N1C. The van der Waals surface area contributed by atoms with Crippen LogP contribution >= 0.6 is 11.8 Å².